The highest BCUT2D eigenvalue weighted by atomic mass is 32.2. The minimum Gasteiger partial charge on any atom is -0.496 e. The first-order valence-corrected chi connectivity index (χ1v) is 7.20. The van der Waals surface area contributed by atoms with Crippen LogP contribution in [-0.2, 0) is 17.4 Å². The monoisotopic (exact) mass is 265 g/mol. The van der Waals surface area contributed by atoms with Gasteiger partial charge in [-0.25, -0.2) is 4.21 Å². The van der Waals surface area contributed by atoms with E-state index >= 15 is 0 Å². The first-order valence-electron chi connectivity index (χ1n) is 6.09. The number of hydrogen-bond acceptors (Lipinski definition) is 2. The Balaban J connectivity index is 2.38. The minimum absolute atomic E-state index is 0.311. The van der Waals surface area contributed by atoms with Gasteiger partial charge in [0.2, 0.25) is 0 Å². The van der Waals surface area contributed by atoms with E-state index in [1.54, 1.807) is 7.11 Å². The maximum Gasteiger partial charge on any atom is 0.145 e. The number of ether oxygens (including phenoxy) is 1. The van der Waals surface area contributed by atoms with Gasteiger partial charge in [0, 0.05) is 11.1 Å². The molecule has 0 amide bonds. The van der Waals surface area contributed by atoms with Crippen LogP contribution in [0.4, 0.5) is 0 Å². The summed E-state index contributed by atoms with van der Waals surface area (Å²) in [5, 5.41) is 0. The maximum absolute atomic E-state index is 12.1. The van der Waals surface area contributed by atoms with Crippen molar-refractivity contribution in [3.8, 4) is 5.75 Å². The fourth-order valence-corrected chi connectivity index (χ4v) is 2.66. The number of methoxy groups -OCH3 is 1. The van der Waals surface area contributed by atoms with Crippen LogP contribution in [0.1, 0.15) is 38.3 Å². The molecule has 1 aliphatic carbocycles. The predicted octanol–water partition coefficient (Wildman–Crippen LogP) is 2.89. The van der Waals surface area contributed by atoms with Gasteiger partial charge in [-0.3, -0.25) is 0 Å². The number of benzene rings is 1. The Bertz CT molecular complexity index is 515. The lowest BCUT2D eigenvalue weighted by Crippen LogP contribution is -2.20. The van der Waals surface area contributed by atoms with Crippen molar-refractivity contribution in [3.05, 3.63) is 29.3 Å². The molecule has 0 N–H and O–H groups in total. The molecule has 0 aliphatic heterocycles. The highest BCUT2D eigenvalue weighted by Crippen LogP contribution is 2.31. The molecule has 0 aromatic heterocycles. The van der Waals surface area contributed by atoms with Crippen LogP contribution in [0.25, 0.3) is 0 Å². The summed E-state index contributed by atoms with van der Waals surface area (Å²) in [6.07, 6.45) is 1.76. The van der Waals surface area contributed by atoms with Gasteiger partial charge in [-0.2, -0.15) is 4.40 Å². The molecule has 0 bridgehead atoms. The number of hydrogen-bond donors (Lipinski definition) is 0. The van der Waals surface area contributed by atoms with Crippen LogP contribution in [0.15, 0.2) is 22.6 Å². The number of fused-ring (bicyclic) bond motifs is 1. The molecule has 0 fully saturated rings. The third kappa shape index (κ3) is 2.48. The normalized spacial score (nSPS) is 18.8. The average molecular weight is 265 g/mol. The second kappa shape index (κ2) is 4.84. The van der Waals surface area contributed by atoms with Crippen LogP contribution < -0.4 is 4.74 Å². The van der Waals surface area contributed by atoms with Crippen molar-refractivity contribution < 1.29 is 8.95 Å². The van der Waals surface area contributed by atoms with Crippen molar-refractivity contribution in [2.24, 2.45) is 4.40 Å². The van der Waals surface area contributed by atoms with Crippen LogP contribution in [0.5, 0.6) is 5.75 Å². The van der Waals surface area contributed by atoms with Gasteiger partial charge in [0.05, 0.1) is 17.6 Å². The second-order valence-corrected chi connectivity index (χ2v) is 7.29. The van der Waals surface area contributed by atoms with Gasteiger partial charge in [-0.1, -0.05) is 12.1 Å². The number of rotatable bonds is 2. The zero-order chi connectivity index (χ0) is 13.3. The molecule has 1 aromatic rings. The lowest BCUT2D eigenvalue weighted by molar-refractivity contribution is 0.410. The molecule has 0 radical (unpaired) electrons. The smallest absolute Gasteiger partial charge is 0.145 e. The molecule has 1 atom stereocenters. The Labute approximate surface area is 111 Å². The van der Waals surface area contributed by atoms with Crippen LogP contribution in [-0.4, -0.2) is 21.8 Å². The predicted molar refractivity (Wildman–Crippen MR) is 75.7 cm³/mol. The Kier molecular flexibility index (Phi) is 3.57. The molecule has 1 unspecified atom stereocenters. The molecule has 2 rings (SSSR count). The highest BCUT2D eigenvalue weighted by Gasteiger charge is 2.25. The van der Waals surface area contributed by atoms with Gasteiger partial charge in [0.1, 0.15) is 16.7 Å². The SMILES string of the molecule is COc1cccc2c1CC/C2=N\S(=O)C(C)(C)C. The average Bonchev–Trinajstić information content (AvgIpc) is 2.71. The van der Waals surface area contributed by atoms with Gasteiger partial charge < -0.3 is 4.74 Å². The summed E-state index contributed by atoms with van der Waals surface area (Å²) in [7, 11) is 0.483. The zero-order valence-corrected chi connectivity index (χ0v) is 12.1. The Hall–Kier alpha value is -1.16. The number of nitrogens with zero attached hydrogens (tertiary/aromatic N) is 1. The van der Waals surface area contributed by atoms with Gasteiger partial charge in [-0.05, 0) is 39.7 Å². The van der Waals surface area contributed by atoms with Crippen molar-refractivity contribution in [3.63, 3.8) is 0 Å². The van der Waals surface area contributed by atoms with E-state index in [0.29, 0.717) is 0 Å². The van der Waals surface area contributed by atoms with E-state index < -0.39 is 11.0 Å². The van der Waals surface area contributed by atoms with Gasteiger partial charge in [-0.15, -0.1) is 0 Å². The molecule has 0 spiro atoms. The van der Waals surface area contributed by atoms with Crippen LogP contribution >= 0.6 is 0 Å². The summed E-state index contributed by atoms with van der Waals surface area (Å²) in [6, 6.07) is 5.95. The second-order valence-electron chi connectivity index (χ2n) is 5.39. The van der Waals surface area contributed by atoms with Crippen molar-refractivity contribution in [1.82, 2.24) is 0 Å². The molecule has 18 heavy (non-hydrogen) atoms. The summed E-state index contributed by atoms with van der Waals surface area (Å²) in [4.78, 5) is 0. The van der Waals surface area contributed by atoms with Crippen molar-refractivity contribution in [2.45, 2.75) is 38.4 Å². The van der Waals surface area contributed by atoms with Crippen molar-refractivity contribution in [2.75, 3.05) is 7.11 Å². The van der Waals surface area contributed by atoms with E-state index in [-0.39, 0.29) is 4.75 Å². The Morgan fingerprint density at radius 2 is 2.00 bits per heavy atom. The van der Waals surface area contributed by atoms with E-state index in [9.17, 15) is 4.21 Å². The summed E-state index contributed by atoms with van der Waals surface area (Å²) in [5.74, 6) is 0.902. The third-order valence-corrected chi connectivity index (χ3v) is 4.43. The Morgan fingerprint density at radius 1 is 1.28 bits per heavy atom. The van der Waals surface area contributed by atoms with Crippen molar-refractivity contribution >= 4 is 16.7 Å². The largest absolute Gasteiger partial charge is 0.496 e. The molecule has 1 aliphatic rings. The summed E-state index contributed by atoms with van der Waals surface area (Å²) in [6.45, 7) is 5.82. The lowest BCUT2D eigenvalue weighted by Gasteiger charge is -2.14. The van der Waals surface area contributed by atoms with Gasteiger partial charge >= 0.3 is 0 Å². The minimum atomic E-state index is -1.20. The summed E-state index contributed by atoms with van der Waals surface area (Å²) >= 11 is 0. The van der Waals surface area contributed by atoms with Crippen LogP contribution in [0, 0.1) is 0 Å². The standard InChI is InChI=1S/C14H19NO2S/c1-14(2,3)18(16)15-12-9-8-11-10(12)6-5-7-13(11)17-4/h5-7H,8-9H2,1-4H3/b15-12+. The highest BCUT2D eigenvalue weighted by molar-refractivity contribution is 7.85. The van der Waals surface area contributed by atoms with Crippen LogP contribution in [0.3, 0.4) is 0 Å². The van der Waals surface area contributed by atoms with Crippen LogP contribution in [0.2, 0.25) is 0 Å². The van der Waals surface area contributed by atoms with E-state index in [0.717, 1.165) is 29.9 Å². The Morgan fingerprint density at radius 3 is 2.61 bits per heavy atom. The third-order valence-electron chi connectivity index (χ3n) is 2.99. The molecule has 0 heterocycles. The zero-order valence-electron chi connectivity index (χ0n) is 11.3. The fourth-order valence-electron chi connectivity index (χ4n) is 2.00. The summed E-state index contributed by atoms with van der Waals surface area (Å²) in [5.41, 5.74) is 3.22. The lowest BCUT2D eigenvalue weighted by atomic mass is 10.1. The molecular weight excluding hydrogens is 246 g/mol. The van der Waals surface area contributed by atoms with E-state index in [2.05, 4.69) is 4.40 Å². The maximum atomic E-state index is 12.1. The van der Waals surface area contributed by atoms with E-state index in [1.165, 1.54) is 5.56 Å². The molecule has 0 saturated carbocycles. The molecule has 3 nitrogen and oxygen atoms in total. The molecule has 1 aromatic carbocycles. The molecule has 0 saturated heterocycles. The molecular formula is C14H19NO2S. The van der Waals surface area contributed by atoms with E-state index in [4.69, 9.17) is 4.74 Å². The molecule has 98 valence electrons. The first-order chi connectivity index (χ1) is 8.43. The molecule has 4 heteroatoms. The van der Waals surface area contributed by atoms with E-state index in [1.807, 2.05) is 39.0 Å². The topological polar surface area (TPSA) is 38.7 Å². The fraction of sp³-hybridized carbons (Fsp3) is 0.500. The van der Waals surface area contributed by atoms with Gasteiger partial charge in [0.15, 0.2) is 0 Å². The quantitative estimate of drug-likeness (QED) is 0.824. The van der Waals surface area contributed by atoms with Gasteiger partial charge in [0.25, 0.3) is 0 Å². The summed E-state index contributed by atoms with van der Waals surface area (Å²) < 4.78 is 21.5. The van der Waals surface area contributed by atoms with Crippen molar-refractivity contribution in [1.29, 1.82) is 0 Å². The first kappa shape index (κ1) is 13.3.